The van der Waals surface area contributed by atoms with Gasteiger partial charge in [0.25, 0.3) is 0 Å². The number of hydrogen-bond donors (Lipinski definition) is 0. The smallest absolute Gasteiger partial charge is 0.375 e. The molecule has 1 aromatic rings. The second-order valence-corrected chi connectivity index (χ2v) is 5.89. The van der Waals surface area contributed by atoms with Gasteiger partial charge in [-0.15, -0.1) is 0 Å². The number of ether oxygens (including phenoxy) is 2. The number of fused-ring (bicyclic) bond motifs is 1. The largest absolute Gasteiger partial charge is 0.497 e. The van der Waals surface area contributed by atoms with E-state index >= 15 is 0 Å². The van der Waals surface area contributed by atoms with Gasteiger partial charge in [0, 0.05) is 19.8 Å². The molecule has 0 fully saturated rings. The fourth-order valence-electron chi connectivity index (χ4n) is 1.79. The van der Waals surface area contributed by atoms with E-state index in [2.05, 4.69) is 0 Å². The average Bonchev–Trinajstić information content (AvgIpc) is 2.75. The van der Waals surface area contributed by atoms with Gasteiger partial charge in [-0.05, 0) is 18.2 Å². The highest BCUT2D eigenvalue weighted by atomic mass is 31.2. The topological polar surface area (TPSA) is 71.1 Å². The molecule has 0 saturated carbocycles. The molecule has 0 spiro atoms. The van der Waals surface area contributed by atoms with Gasteiger partial charge < -0.3 is 18.5 Å². The molecule has 1 heterocycles. The molecule has 7 heteroatoms. The van der Waals surface area contributed by atoms with Gasteiger partial charge in [0.2, 0.25) is 5.85 Å². The first kappa shape index (κ1) is 13.1. The third kappa shape index (κ3) is 1.92. The van der Waals surface area contributed by atoms with Crippen LogP contribution in [-0.4, -0.2) is 27.3 Å². The molecule has 0 aliphatic carbocycles. The Morgan fingerprint density at radius 3 is 2.44 bits per heavy atom. The molecule has 0 aromatic heterocycles. The van der Waals surface area contributed by atoms with Crippen molar-refractivity contribution in [3.63, 3.8) is 0 Å². The maximum Gasteiger partial charge on any atom is 0.375 e. The number of methoxy groups -OCH3 is 1. The van der Waals surface area contributed by atoms with Crippen LogP contribution in [0.15, 0.2) is 18.2 Å². The number of carbonyl (C=O) groups is 1. The highest BCUT2D eigenvalue weighted by Gasteiger charge is 2.45. The summed E-state index contributed by atoms with van der Waals surface area (Å²) in [7, 11) is 0.466. The minimum Gasteiger partial charge on any atom is -0.497 e. The second kappa shape index (κ2) is 4.72. The van der Waals surface area contributed by atoms with Gasteiger partial charge in [-0.25, -0.2) is 4.79 Å². The molecule has 0 saturated heterocycles. The Bertz CT molecular complexity index is 518. The van der Waals surface area contributed by atoms with Crippen molar-refractivity contribution in [2.24, 2.45) is 0 Å². The Hall–Kier alpha value is -1.36. The van der Waals surface area contributed by atoms with Crippen molar-refractivity contribution in [1.29, 1.82) is 0 Å². The first-order valence-electron chi connectivity index (χ1n) is 5.16. The molecular formula is C11H13O6P. The van der Waals surface area contributed by atoms with Crippen molar-refractivity contribution in [3.8, 4) is 5.75 Å². The van der Waals surface area contributed by atoms with Crippen LogP contribution in [0.25, 0.3) is 0 Å². The molecule has 18 heavy (non-hydrogen) atoms. The van der Waals surface area contributed by atoms with E-state index < -0.39 is 19.4 Å². The minimum absolute atomic E-state index is 0.343. The standard InChI is InChI=1S/C11H13O6P/c1-14-7-4-5-8-9(6-7)11(17-10(8)12)18(13,15-2)16-3/h4-6,11H,1-3H3. The SMILES string of the molecule is COc1ccc2c(c1)C(P(=O)(OC)OC)OC2=O. The van der Waals surface area contributed by atoms with Crippen molar-refractivity contribution in [1.82, 2.24) is 0 Å². The van der Waals surface area contributed by atoms with Gasteiger partial charge in [0.15, 0.2) is 0 Å². The van der Waals surface area contributed by atoms with Crippen molar-refractivity contribution < 1.29 is 27.9 Å². The summed E-state index contributed by atoms with van der Waals surface area (Å²) in [5.41, 5.74) is 0.793. The van der Waals surface area contributed by atoms with Gasteiger partial charge in [0.05, 0.1) is 12.7 Å². The predicted octanol–water partition coefficient (Wildman–Crippen LogP) is 2.35. The summed E-state index contributed by atoms with van der Waals surface area (Å²) >= 11 is 0. The molecule has 98 valence electrons. The number of esters is 1. The molecule has 1 aliphatic heterocycles. The number of carbonyl (C=O) groups excluding carboxylic acids is 1. The lowest BCUT2D eigenvalue weighted by Crippen LogP contribution is -2.03. The summed E-state index contributed by atoms with van der Waals surface area (Å²) < 4.78 is 32.2. The van der Waals surface area contributed by atoms with Crippen LogP contribution < -0.4 is 4.74 Å². The maximum atomic E-state index is 12.3. The zero-order valence-corrected chi connectivity index (χ0v) is 11.1. The van der Waals surface area contributed by atoms with E-state index in [9.17, 15) is 9.36 Å². The van der Waals surface area contributed by atoms with E-state index in [1.54, 1.807) is 18.2 Å². The zero-order valence-electron chi connectivity index (χ0n) is 10.2. The molecule has 6 nitrogen and oxygen atoms in total. The van der Waals surface area contributed by atoms with Crippen LogP contribution >= 0.6 is 7.60 Å². The van der Waals surface area contributed by atoms with Gasteiger partial charge in [0.1, 0.15) is 5.75 Å². The first-order valence-corrected chi connectivity index (χ1v) is 6.77. The Labute approximate surface area is 104 Å². The Balaban J connectivity index is 2.51. The minimum atomic E-state index is -3.53. The summed E-state index contributed by atoms with van der Waals surface area (Å²) in [5.74, 6) is -1.06. The van der Waals surface area contributed by atoms with Crippen LogP contribution in [0.4, 0.5) is 0 Å². The zero-order chi connectivity index (χ0) is 13.3. The van der Waals surface area contributed by atoms with Crippen LogP contribution in [-0.2, 0) is 18.3 Å². The van der Waals surface area contributed by atoms with Gasteiger partial charge in [-0.1, -0.05) is 0 Å². The summed E-state index contributed by atoms with van der Waals surface area (Å²) in [5, 5.41) is 0. The van der Waals surface area contributed by atoms with Crippen LogP contribution in [0.1, 0.15) is 21.8 Å². The number of rotatable bonds is 4. The normalized spacial score (nSPS) is 18.4. The first-order chi connectivity index (χ1) is 8.55. The van der Waals surface area contributed by atoms with Crippen molar-refractivity contribution in [2.75, 3.05) is 21.3 Å². The third-order valence-electron chi connectivity index (χ3n) is 2.76. The molecule has 1 unspecified atom stereocenters. The molecule has 0 radical (unpaired) electrons. The predicted molar refractivity (Wildman–Crippen MR) is 62.8 cm³/mol. The Kier molecular flexibility index (Phi) is 3.43. The fraction of sp³-hybridized carbons (Fsp3) is 0.364. The summed E-state index contributed by atoms with van der Waals surface area (Å²) in [4.78, 5) is 11.7. The third-order valence-corrected chi connectivity index (χ3v) is 4.74. The van der Waals surface area contributed by atoms with Crippen molar-refractivity contribution in [3.05, 3.63) is 29.3 Å². The number of hydrogen-bond acceptors (Lipinski definition) is 6. The van der Waals surface area contributed by atoms with Crippen LogP contribution in [0, 0.1) is 0 Å². The second-order valence-electron chi connectivity index (χ2n) is 3.62. The summed E-state index contributed by atoms with van der Waals surface area (Å²) in [6.07, 6.45) is 0. The van der Waals surface area contributed by atoms with E-state index in [4.69, 9.17) is 18.5 Å². The van der Waals surface area contributed by atoms with E-state index in [-0.39, 0.29) is 0 Å². The monoisotopic (exact) mass is 272 g/mol. The van der Waals surface area contributed by atoms with Gasteiger partial charge in [-0.2, -0.15) is 0 Å². The maximum absolute atomic E-state index is 12.3. The van der Waals surface area contributed by atoms with E-state index in [1.165, 1.54) is 21.3 Å². The lowest BCUT2D eigenvalue weighted by Gasteiger charge is -2.19. The number of cyclic esters (lactones) is 1. The fourth-order valence-corrected chi connectivity index (χ4v) is 3.10. The quantitative estimate of drug-likeness (QED) is 0.619. The molecule has 0 amide bonds. The molecule has 1 aliphatic rings. The van der Waals surface area contributed by atoms with Crippen LogP contribution in [0.2, 0.25) is 0 Å². The van der Waals surface area contributed by atoms with Crippen LogP contribution in [0.3, 0.4) is 0 Å². The van der Waals surface area contributed by atoms with Gasteiger partial charge >= 0.3 is 13.6 Å². The van der Waals surface area contributed by atoms with Gasteiger partial charge in [-0.3, -0.25) is 4.57 Å². The summed E-state index contributed by atoms with van der Waals surface area (Å²) in [6, 6.07) is 4.79. The molecule has 0 bridgehead atoms. The molecular weight excluding hydrogens is 259 g/mol. The lowest BCUT2D eigenvalue weighted by atomic mass is 10.1. The number of benzene rings is 1. The molecule has 0 N–H and O–H groups in total. The molecule has 1 atom stereocenters. The summed E-state index contributed by atoms with van der Waals surface area (Å²) in [6.45, 7) is 0. The van der Waals surface area contributed by atoms with E-state index in [0.29, 0.717) is 16.9 Å². The molecule has 2 rings (SSSR count). The Morgan fingerprint density at radius 1 is 1.22 bits per heavy atom. The highest BCUT2D eigenvalue weighted by molar-refractivity contribution is 7.54. The van der Waals surface area contributed by atoms with E-state index in [0.717, 1.165) is 0 Å². The molecule has 1 aromatic carbocycles. The lowest BCUT2D eigenvalue weighted by molar-refractivity contribution is 0.0456. The van der Waals surface area contributed by atoms with E-state index in [1.807, 2.05) is 0 Å². The van der Waals surface area contributed by atoms with Crippen LogP contribution in [0.5, 0.6) is 5.75 Å². The average molecular weight is 272 g/mol. The van der Waals surface area contributed by atoms with Crippen molar-refractivity contribution >= 4 is 13.6 Å². The van der Waals surface area contributed by atoms with Crippen molar-refractivity contribution in [2.45, 2.75) is 5.85 Å². The highest BCUT2D eigenvalue weighted by Crippen LogP contribution is 2.63. The Morgan fingerprint density at radius 2 is 1.89 bits per heavy atom.